The van der Waals surface area contributed by atoms with Gasteiger partial charge in [0.15, 0.2) is 5.16 Å². The number of aromatic nitrogens is 3. The van der Waals surface area contributed by atoms with Gasteiger partial charge in [0, 0.05) is 30.2 Å². The lowest BCUT2D eigenvalue weighted by Gasteiger charge is -2.08. The molecule has 0 aliphatic heterocycles. The summed E-state index contributed by atoms with van der Waals surface area (Å²) in [5.41, 5.74) is 0.779. The average Bonchev–Trinajstić information content (AvgIpc) is 3.05. The van der Waals surface area contributed by atoms with Gasteiger partial charge >= 0.3 is 0 Å². The van der Waals surface area contributed by atoms with Crippen LogP contribution in [0.2, 0.25) is 5.02 Å². The molecule has 1 aromatic heterocycles. The maximum absolute atomic E-state index is 12.4. The number of carbonyl (C=O) groups excluding carboxylic acids is 1. The largest absolute Gasteiger partial charge is 0.348 e. The Morgan fingerprint density at radius 3 is 2.78 bits per heavy atom. The number of aryl methyl sites for hydroxylation is 1. The normalized spacial score (nSPS) is 10.6. The van der Waals surface area contributed by atoms with E-state index in [1.165, 1.54) is 24.5 Å². The third-order valence-electron chi connectivity index (χ3n) is 3.69. The number of rotatable bonds is 6. The van der Waals surface area contributed by atoms with E-state index in [4.69, 9.17) is 11.6 Å². The summed E-state index contributed by atoms with van der Waals surface area (Å²) < 4.78 is 1.65. The van der Waals surface area contributed by atoms with Gasteiger partial charge in [0.2, 0.25) is 0 Å². The predicted octanol–water partition coefficient (Wildman–Crippen LogP) is 3.46. The maximum Gasteiger partial charge on any atom is 0.284 e. The standard InChI is InChI=1S/C17H14ClN5O3S/c1-22-10-20-21-17(22)27-15-7-6-11(8-14(15)23(25)26)16(24)19-9-12-4-2-3-5-13(12)18/h2-8,10H,9H2,1H3,(H,19,24). The van der Waals surface area contributed by atoms with Gasteiger partial charge in [0.1, 0.15) is 6.33 Å². The molecule has 0 spiro atoms. The van der Waals surface area contributed by atoms with Gasteiger partial charge in [0.05, 0.1) is 9.82 Å². The quantitative estimate of drug-likeness (QED) is 0.499. The number of hydrogen-bond donors (Lipinski definition) is 1. The Morgan fingerprint density at radius 2 is 2.11 bits per heavy atom. The number of amides is 1. The van der Waals surface area contributed by atoms with Crippen LogP contribution in [0, 0.1) is 10.1 Å². The molecule has 0 fully saturated rings. The first-order valence-corrected chi connectivity index (χ1v) is 8.97. The number of nitro groups is 1. The maximum atomic E-state index is 12.4. The number of nitrogens with zero attached hydrogens (tertiary/aromatic N) is 4. The third kappa shape index (κ3) is 4.44. The number of nitrogens with one attached hydrogen (secondary N) is 1. The van der Waals surface area contributed by atoms with Crippen LogP contribution in [-0.2, 0) is 13.6 Å². The second-order valence-corrected chi connectivity index (χ2v) is 6.96. The number of benzene rings is 2. The van der Waals surface area contributed by atoms with Crippen molar-refractivity contribution in [2.45, 2.75) is 16.6 Å². The summed E-state index contributed by atoms with van der Waals surface area (Å²) in [4.78, 5) is 23.7. The predicted molar refractivity (Wildman–Crippen MR) is 101 cm³/mol. The van der Waals surface area contributed by atoms with E-state index in [9.17, 15) is 14.9 Å². The Balaban J connectivity index is 1.79. The summed E-state index contributed by atoms with van der Waals surface area (Å²) in [5, 5.41) is 22.8. The molecule has 2 aromatic carbocycles. The van der Waals surface area contributed by atoms with E-state index in [-0.39, 0.29) is 17.8 Å². The smallest absolute Gasteiger partial charge is 0.284 e. The van der Waals surface area contributed by atoms with E-state index in [0.717, 1.165) is 17.3 Å². The van der Waals surface area contributed by atoms with Gasteiger partial charge in [0.25, 0.3) is 11.6 Å². The van der Waals surface area contributed by atoms with Gasteiger partial charge in [-0.15, -0.1) is 10.2 Å². The molecule has 138 valence electrons. The highest BCUT2D eigenvalue weighted by Crippen LogP contribution is 2.34. The van der Waals surface area contributed by atoms with Crippen molar-refractivity contribution in [2.75, 3.05) is 0 Å². The zero-order chi connectivity index (χ0) is 19.4. The lowest BCUT2D eigenvalue weighted by molar-refractivity contribution is -0.387. The fourth-order valence-corrected chi connectivity index (χ4v) is 3.32. The highest BCUT2D eigenvalue weighted by Gasteiger charge is 2.20. The molecule has 10 heteroatoms. The fraction of sp³-hybridized carbons (Fsp3) is 0.118. The minimum absolute atomic E-state index is 0.173. The first kappa shape index (κ1) is 18.9. The van der Waals surface area contributed by atoms with Crippen molar-refractivity contribution in [2.24, 2.45) is 7.05 Å². The lowest BCUT2D eigenvalue weighted by Crippen LogP contribution is -2.23. The van der Waals surface area contributed by atoms with Crippen LogP contribution in [0.15, 0.2) is 58.8 Å². The van der Waals surface area contributed by atoms with Gasteiger partial charge in [-0.3, -0.25) is 14.9 Å². The molecule has 1 N–H and O–H groups in total. The van der Waals surface area contributed by atoms with Crippen LogP contribution in [0.3, 0.4) is 0 Å². The van der Waals surface area contributed by atoms with Crippen molar-refractivity contribution in [1.29, 1.82) is 0 Å². The number of carbonyl (C=O) groups is 1. The first-order chi connectivity index (χ1) is 13.0. The van der Waals surface area contributed by atoms with Gasteiger partial charge in [-0.25, -0.2) is 0 Å². The molecular weight excluding hydrogens is 390 g/mol. The van der Waals surface area contributed by atoms with Crippen molar-refractivity contribution >= 4 is 35.0 Å². The second kappa shape index (κ2) is 8.19. The Bertz CT molecular complexity index is 1010. The lowest BCUT2D eigenvalue weighted by atomic mass is 10.1. The molecule has 0 radical (unpaired) electrons. The molecule has 8 nitrogen and oxygen atoms in total. The molecule has 0 saturated heterocycles. The average molecular weight is 404 g/mol. The summed E-state index contributed by atoms with van der Waals surface area (Å²) in [5.74, 6) is -0.423. The molecule has 0 aliphatic carbocycles. The van der Waals surface area contributed by atoms with Gasteiger partial charge in [-0.05, 0) is 35.5 Å². The van der Waals surface area contributed by atoms with E-state index < -0.39 is 10.8 Å². The fourth-order valence-electron chi connectivity index (χ4n) is 2.27. The molecule has 0 bridgehead atoms. The molecule has 0 aliphatic rings. The Labute approximate surface area is 163 Å². The summed E-state index contributed by atoms with van der Waals surface area (Å²) >= 11 is 7.17. The zero-order valence-electron chi connectivity index (χ0n) is 14.1. The van der Waals surface area contributed by atoms with E-state index >= 15 is 0 Å². The number of nitro benzene ring substituents is 1. The molecule has 1 heterocycles. The third-order valence-corrected chi connectivity index (χ3v) is 5.17. The molecular formula is C17H14ClN5O3S. The minimum Gasteiger partial charge on any atom is -0.348 e. The first-order valence-electron chi connectivity index (χ1n) is 7.77. The monoisotopic (exact) mass is 403 g/mol. The van der Waals surface area contributed by atoms with Gasteiger partial charge in [-0.2, -0.15) is 0 Å². The highest BCUT2D eigenvalue weighted by molar-refractivity contribution is 7.99. The Morgan fingerprint density at radius 1 is 1.33 bits per heavy atom. The summed E-state index contributed by atoms with van der Waals surface area (Å²) in [6, 6.07) is 11.5. The molecule has 0 atom stereocenters. The van der Waals surface area contributed by atoms with E-state index in [0.29, 0.717) is 15.1 Å². The van der Waals surface area contributed by atoms with Crippen LogP contribution in [0.1, 0.15) is 15.9 Å². The van der Waals surface area contributed by atoms with E-state index in [1.807, 2.05) is 6.07 Å². The van der Waals surface area contributed by atoms with Crippen molar-refractivity contribution in [3.05, 3.63) is 75.1 Å². The van der Waals surface area contributed by atoms with Crippen LogP contribution in [0.25, 0.3) is 0 Å². The SMILES string of the molecule is Cn1cnnc1Sc1ccc(C(=O)NCc2ccccc2Cl)cc1[N+](=O)[O-]. The van der Waals surface area contributed by atoms with Crippen LogP contribution in [0.5, 0.6) is 0 Å². The van der Waals surface area contributed by atoms with Crippen molar-refractivity contribution < 1.29 is 9.72 Å². The summed E-state index contributed by atoms with van der Waals surface area (Å²) in [6.07, 6.45) is 1.50. The topological polar surface area (TPSA) is 103 Å². The molecule has 0 unspecified atom stereocenters. The van der Waals surface area contributed by atoms with Crippen molar-refractivity contribution in [3.63, 3.8) is 0 Å². The Kier molecular flexibility index (Phi) is 5.72. The summed E-state index contributed by atoms with van der Waals surface area (Å²) in [7, 11) is 1.74. The molecule has 3 rings (SSSR count). The van der Waals surface area contributed by atoms with Crippen LogP contribution < -0.4 is 5.32 Å². The Hall–Kier alpha value is -2.91. The van der Waals surface area contributed by atoms with E-state index in [1.54, 1.807) is 29.8 Å². The van der Waals surface area contributed by atoms with Crippen LogP contribution in [0.4, 0.5) is 5.69 Å². The zero-order valence-corrected chi connectivity index (χ0v) is 15.7. The van der Waals surface area contributed by atoms with Crippen LogP contribution in [-0.4, -0.2) is 25.6 Å². The highest BCUT2D eigenvalue weighted by atomic mass is 35.5. The van der Waals surface area contributed by atoms with Gasteiger partial charge in [-0.1, -0.05) is 29.8 Å². The van der Waals surface area contributed by atoms with Crippen molar-refractivity contribution in [1.82, 2.24) is 20.1 Å². The molecule has 3 aromatic rings. The molecule has 0 saturated carbocycles. The van der Waals surface area contributed by atoms with Crippen molar-refractivity contribution in [3.8, 4) is 0 Å². The summed E-state index contributed by atoms with van der Waals surface area (Å²) in [6.45, 7) is 0.224. The molecule has 1 amide bonds. The van der Waals surface area contributed by atoms with Crippen LogP contribution >= 0.6 is 23.4 Å². The van der Waals surface area contributed by atoms with Gasteiger partial charge < -0.3 is 9.88 Å². The number of halogens is 1. The number of hydrogen-bond acceptors (Lipinski definition) is 6. The molecule has 27 heavy (non-hydrogen) atoms. The second-order valence-electron chi connectivity index (χ2n) is 5.54. The minimum atomic E-state index is -0.524. The van der Waals surface area contributed by atoms with E-state index in [2.05, 4.69) is 15.5 Å².